The summed E-state index contributed by atoms with van der Waals surface area (Å²) < 4.78 is 16.3. The number of hydrogen-bond donors (Lipinski definition) is 2. The summed E-state index contributed by atoms with van der Waals surface area (Å²) in [4.78, 5) is 25.3. The minimum Gasteiger partial charge on any atom is -0.341 e. The average molecular weight is 423 g/mol. The zero-order chi connectivity index (χ0) is 22.5. The molecule has 7 heteroatoms. The molecule has 0 saturated heterocycles. The van der Waals surface area contributed by atoms with Crippen molar-refractivity contribution in [3.63, 3.8) is 0 Å². The second-order valence-corrected chi connectivity index (χ2v) is 8.00. The monoisotopic (exact) mass is 422 g/mol. The van der Waals surface area contributed by atoms with Crippen molar-refractivity contribution in [2.24, 2.45) is 5.92 Å². The number of nitrogens with one attached hydrogen (secondary N) is 2. The second-order valence-electron chi connectivity index (χ2n) is 8.00. The highest BCUT2D eigenvalue weighted by Gasteiger charge is 2.23. The first kappa shape index (κ1) is 22.2. The van der Waals surface area contributed by atoms with Crippen LogP contribution in [0.4, 0.5) is 10.1 Å². The zero-order valence-corrected chi connectivity index (χ0v) is 18.1. The number of anilines is 1. The molecule has 2 amide bonds. The summed E-state index contributed by atoms with van der Waals surface area (Å²) in [5.74, 6) is -1.01. The number of benzene rings is 2. The summed E-state index contributed by atoms with van der Waals surface area (Å²) in [5.41, 5.74) is 2.85. The van der Waals surface area contributed by atoms with Crippen LogP contribution in [-0.4, -0.2) is 21.6 Å². The SMILES string of the molecule is Cc1cc(C)n(-c2ccc(NC(=O)C(NC(=O)CC(C)C)c3ccccc3)cc2F)n1. The predicted octanol–water partition coefficient (Wildman–Crippen LogP) is 4.47. The molecule has 0 fully saturated rings. The van der Waals surface area contributed by atoms with Gasteiger partial charge in [-0.05, 0) is 49.6 Å². The van der Waals surface area contributed by atoms with Gasteiger partial charge in [0.15, 0.2) is 5.82 Å². The van der Waals surface area contributed by atoms with Gasteiger partial charge in [0.1, 0.15) is 11.7 Å². The van der Waals surface area contributed by atoms with Crippen LogP contribution < -0.4 is 10.6 Å². The van der Waals surface area contributed by atoms with E-state index >= 15 is 0 Å². The molecular weight excluding hydrogens is 395 g/mol. The molecule has 0 spiro atoms. The van der Waals surface area contributed by atoms with E-state index < -0.39 is 17.8 Å². The van der Waals surface area contributed by atoms with Crippen molar-refractivity contribution in [2.45, 2.75) is 40.2 Å². The maximum Gasteiger partial charge on any atom is 0.251 e. The van der Waals surface area contributed by atoms with Gasteiger partial charge in [-0.1, -0.05) is 44.2 Å². The molecule has 1 heterocycles. The van der Waals surface area contributed by atoms with Gasteiger partial charge >= 0.3 is 0 Å². The Morgan fingerprint density at radius 3 is 2.35 bits per heavy atom. The van der Waals surface area contributed by atoms with Gasteiger partial charge in [-0.25, -0.2) is 9.07 Å². The molecule has 6 nitrogen and oxygen atoms in total. The number of aryl methyl sites for hydroxylation is 2. The average Bonchev–Trinajstić information content (AvgIpc) is 3.04. The highest BCUT2D eigenvalue weighted by molar-refractivity contribution is 5.98. The van der Waals surface area contributed by atoms with Crippen LogP contribution >= 0.6 is 0 Å². The summed E-state index contributed by atoms with van der Waals surface area (Å²) >= 11 is 0. The number of carbonyl (C=O) groups is 2. The van der Waals surface area contributed by atoms with Crippen molar-refractivity contribution in [3.05, 3.63) is 77.4 Å². The molecule has 2 N–H and O–H groups in total. The Morgan fingerprint density at radius 2 is 1.77 bits per heavy atom. The summed E-state index contributed by atoms with van der Waals surface area (Å²) in [6.45, 7) is 7.56. The fourth-order valence-corrected chi connectivity index (χ4v) is 3.38. The van der Waals surface area contributed by atoms with Crippen molar-refractivity contribution >= 4 is 17.5 Å². The van der Waals surface area contributed by atoms with Crippen molar-refractivity contribution in [2.75, 3.05) is 5.32 Å². The number of nitrogens with zero attached hydrogens (tertiary/aromatic N) is 2. The van der Waals surface area contributed by atoms with E-state index in [4.69, 9.17) is 0 Å². The van der Waals surface area contributed by atoms with Crippen molar-refractivity contribution in [1.29, 1.82) is 0 Å². The smallest absolute Gasteiger partial charge is 0.251 e. The van der Waals surface area contributed by atoms with E-state index in [0.717, 1.165) is 11.4 Å². The number of aromatic nitrogens is 2. The normalized spacial score (nSPS) is 11.9. The van der Waals surface area contributed by atoms with Crippen molar-refractivity contribution < 1.29 is 14.0 Å². The third kappa shape index (κ3) is 5.57. The van der Waals surface area contributed by atoms with Gasteiger partial charge in [0.25, 0.3) is 5.91 Å². The van der Waals surface area contributed by atoms with Crippen LogP contribution in [0, 0.1) is 25.6 Å². The van der Waals surface area contributed by atoms with Crippen molar-refractivity contribution in [1.82, 2.24) is 15.1 Å². The Labute approximate surface area is 181 Å². The quantitative estimate of drug-likeness (QED) is 0.590. The third-order valence-electron chi connectivity index (χ3n) is 4.75. The van der Waals surface area contributed by atoms with E-state index in [1.807, 2.05) is 39.8 Å². The maximum atomic E-state index is 14.8. The molecular formula is C24H27FN4O2. The number of rotatable bonds is 7. The molecule has 0 radical (unpaired) electrons. The van der Waals surface area contributed by atoms with E-state index in [0.29, 0.717) is 23.4 Å². The molecule has 162 valence electrons. The zero-order valence-electron chi connectivity index (χ0n) is 18.1. The molecule has 1 unspecified atom stereocenters. The molecule has 0 aliphatic carbocycles. The molecule has 1 atom stereocenters. The largest absolute Gasteiger partial charge is 0.341 e. The van der Waals surface area contributed by atoms with Gasteiger partial charge in [-0.15, -0.1) is 0 Å². The Bertz CT molecular complexity index is 1080. The van der Waals surface area contributed by atoms with Gasteiger partial charge in [-0.3, -0.25) is 9.59 Å². The van der Waals surface area contributed by atoms with Gasteiger partial charge < -0.3 is 10.6 Å². The van der Waals surface area contributed by atoms with E-state index in [1.165, 1.54) is 10.7 Å². The first-order valence-corrected chi connectivity index (χ1v) is 10.2. The maximum absolute atomic E-state index is 14.8. The lowest BCUT2D eigenvalue weighted by atomic mass is 10.0. The van der Waals surface area contributed by atoms with Crippen LogP contribution in [0.2, 0.25) is 0 Å². The second kappa shape index (κ2) is 9.55. The first-order chi connectivity index (χ1) is 14.7. The molecule has 3 rings (SSSR count). The molecule has 0 bridgehead atoms. The number of amides is 2. The van der Waals surface area contributed by atoms with Gasteiger partial charge in [0, 0.05) is 17.8 Å². The number of halogens is 1. The lowest BCUT2D eigenvalue weighted by Gasteiger charge is -2.20. The standard InChI is InChI=1S/C24H27FN4O2/c1-15(2)12-22(30)27-23(18-8-6-5-7-9-18)24(31)26-19-10-11-21(20(25)14-19)29-17(4)13-16(3)28-29/h5-11,13-15,23H,12H2,1-4H3,(H,26,31)(H,27,30). The Balaban J connectivity index is 1.82. The highest BCUT2D eigenvalue weighted by Crippen LogP contribution is 2.22. The lowest BCUT2D eigenvalue weighted by Crippen LogP contribution is -2.37. The number of carbonyl (C=O) groups excluding carboxylic acids is 2. The van der Waals surface area contributed by atoms with E-state index in [-0.39, 0.29) is 11.8 Å². The van der Waals surface area contributed by atoms with E-state index in [9.17, 15) is 14.0 Å². The van der Waals surface area contributed by atoms with Crippen LogP contribution in [0.5, 0.6) is 0 Å². The first-order valence-electron chi connectivity index (χ1n) is 10.2. The third-order valence-corrected chi connectivity index (χ3v) is 4.75. The minimum atomic E-state index is -0.883. The summed E-state index contributed by atoms with van der Waals surface area (Å²) in [7, 11) is 0. The lowest BCUT2D eigenvalue weighted by molar-refractivity contribution is -0.127. The molecule has 2 aromatic carbocycles. The molecule has 0 aliphatic heterocycles. The topological polar surface area (TPSA) is 76.0 Å². The van der Waals surface area contributed by atoms with E-state index in [1.54, 1.807) is 36.4 Å². The number of hydrogen-bond acceptors (Lipinski definition) is 3. The predicted molar refractivity (Wildman–Crippen MR) is 118 cm³/mol. The highest BCUT2D eigenvalue weighted by atomic mass is 19.1. The Morgan fingerprint density at radius 1 is 1.06 bits per heavy atom. The summed E-state index contributed by atoms with van der Waals surface area (Å²) in [5, 5.41) is 9.80. The van der Waals surface area contributed by atoms with Crippen LogP contribution in [-0.2, 0) is 9.59 Å². The van der Waals surface area contributed by atoms with Crippen LogP contribution in [0.1, 0.15) is 43.3 Å². The molecule has 3 aromatic rings. The van der Waals surface area contributed by atoms with Gasteiger partial charge in [0.2, 0.25) is 5.91 Å². The van der Waals surface area contributed by atoms with E-state index in [2.05, 4.69) is 15.7 Å². The Hall–Kier alpha value is -3.48. The Kier molecular flexibility index (Phi) is 6.84. The van der Waals surface area contributed by atoms with Crippen molar-refractivity contribution in [3.8, 4) is 5.69 Å². The fourth-order valence-electron chi connectivity index (χ4n) is 3.38. The minimum absolute atomic E-state index is 0.163. The molecule has 0 aliphatic rings. The van der Waals surface area contributed by atoms with Gasteiger partial charge in [-0.2, -0.15) is 5.10 Å². The van der Waals surface area contributed by atoms with Crippen LogP contribution in [0.15, 0.2) is 54.6 Å². The van der Waals surface area contributed by atoms with Crippen LogP contribution in [0.3, 0.4) is 0 Å². The summed E-state index contributed by atoms with van der Waals surface area (Å²) in [6.07, 6.45) is 0.308. The summed E-state index contributed by atoms with van der Waals surface area (Å²) in [6, 6.07) is 14.4. The molecule has 31 heavy (non-hydrogen) atoms. The molecule has 1 aromatic heterocycles. The van der Waals surface area contributed by atoms with Gasteiger partial charge in [0.05, 0.1) is 5.69 Å². The molecule has 0 saturated carbocycles. The van der Waals surface area contributed by atoms with Crippen LogP contribution in [0.25, 0.3) is 5.69 Å². The fraction of sp³-hybridized carbons (Fsp3) is 0.292.